The van der Waals surface area contributed by atoms with Crippen LogP contribution in [0.4, 0.5) is 0 Å². The summed E-state index contributed by atoms with van der Waals surface area (Å²) in [4.78, 5) is 0. The first-order valence-corrected chi connectivity index (χ1v) is 19.5. The maximum atomic E-state index is 12.2. The molecule has 4 aliphatic carbocycles. The zero-order chi connectivity index (χ0) is 34.1. The van der Waals surface area contributed by atoms with Gasteiger partial charge in [-0.25, -0.2) is 14.7 Å². The number of hydrogen-bond donors (Lipinski definition) is 3. The van der Waals surface area contributed by atoms with Crippen molar-refractivity contribution < 1.29 is 54.8 Å². The van der Waals surface area contributed by atoms with E-state index in [1.54, 1.807) is 0 Å². The largest absolute Gasteiger partial charge is 0.397 e. The monoisotopic (exact) mass is 716 g/mol. The van der Waals surface area contributed by atoms with Crippen LogP contribution in [-0.4, -0.2) is 41.8 Å². The average molecular weight is 717 g/mol. The molecule has 12 atom stereocenters. The summed E-state index contributed by atoms with van der Waals surface area (Å²) in [7, 11) is -4.73. The molecule has 0 heterocycles. The lowest BCUT2D eigenvalue weighted by Crippen LogP contribution is -2.61. The molecule has 0 spiro atoms. The van der Waals surface area contributed by atoms with E-state index in [-0.39, 0.29) is 28.6 Å². The van der Waals surface area contributed by atoms with E-state index in [1.807, 2.05) is 0 Å². The maximum absolute atomic E-state index is 12.2. The van der Waals surface area contributed by atoms with E-state index in [4.69, 9.17) is 23.1 Å². The van der Waals surface area contributed by atoms with Crippen molar-refractivity contribution in [2.45, 2.75) is 131 Å². The fourth-order valence-electron chi connectivity index (χ4n) is 10.5. The van der Waals surface area contributed by atoms with Gasteiger partial charge in [-0.15, -0.1) is 8.67 Å². The summed E-state index contributed by atoms with van der Waals surface area (Å²) in [5.74, 6) is 3.05. The van der Waals surface area contributed by atoms with Crippen molar-refractivity contribution in [3.63, 3.8) is 0 Å². The Hall–Kier alpha value is 0.250. The lowest BCUT2D eigenvalue weighted by atomic mass is 9.43. The molecule has 0 aromatic rings. The molecule has 4 fully saturated rings. The van der Waals surface area contributed by atoms with Gasteiger partial charge in [-0.1, -0.05) is 71.9 Å². The third-order valence-electron chi connectivity index (χ3n) is 13.9. The Morgan fingerprint density at radius 1 is 0.826 bits per heavy atom. The lowest BCUT2D eigenvalue weighted by Gasteiger charge is -2.63. The first kappa shape index (κ1) is 39.0. The van der Waals surface area contributed by atoms with Gasteiger partial charge in [0.25, 0.3) is 0 Å². The highest BCUT2D eigenvalue weighted by Gasteiger charge is 2.64. The van der Waals surface area contributed by atoms with Crippen LogP contribution in [0.3, 0.4) is 0 Å². The molecule has 12 nitrogen and oxygen atoms in total. The molecule has 9 unspecified atom stereocenters. The Morgan fingerprint density at radius 3 is 2.02 bits per heavy atom. The smallest absolute Gasteiger partial charge is 0.283 e. The Bertz CT molecular complexity index is 1090. The Labute approximate surface area is 284 Å². The van der Waals surface area contributed by atoms with Crippen LogP contribution >= 0.6 is 24.6 Å². The molecule has 4 aliphatic rings. The van der Waals surface area contributed by atoms with Crippen LogP contribution in [0.1, 0.15) is 113 Å². The van der Waals surface area contributed by atoms with Gasteiger partial charge >= 0.3 is 10.4 Å². The van der Waals surface area contributed by atoms with Gasteiger partial charge in [0.1, 0.15) is 12.2 Å². The zero-order valence-electron chi connectivity index (χ0n) is 28.5. The van der Waals surface area contributed by atoms with Crippen LogP contribution < -0.4 is 0 Å². The molecule has 0 bridgehead atoms. The Kier molecular flexibility index (Phi) is 13.3. The summed E-state index contributed by atoms with van der Waals surface area (Å²) in [6, 6.07) is 0. The number of hydrogen-bond acceptors (Lipinski definition) is 13. The normalized spacial score (nSPS) is 39.5. The molecule has 0 amide bonds. The van der Waals surface area contributed by atoms with Gasteiger partial charge in [0.2, 0.25) is 0 Å². The summed E-state index contributed by atoms with van der Waals surface area (Å²) in [5.41, 5.74) is 0.000909. The van der Waals surface area contributed by atoms with E-state index in [2.05, 4.69) is 74.1 Å². The van der Waals surface area contributed by atoms with Gasteiger partial charge in [0, 0.05) is 0 Å². The molecule has 0 aromatic carbocycles. The van der Waals surface area contributed by atoms with Crippen molar-refractivity contribution in [3.8, 4) is 0 Å². The molecule has 46 heavy (non-hydrogen) atoms. The zero-order valence-corrected chi connectivity index (χ0v) is 30.9. The molecule has 4 saturated carbocycles. The van der Waals surface area contributed by atoms with Crippen LogP contribution in [0, 0.1) is 63.6 Å². The van der Waals surface area contributed by atoms with Gasteiger partial charge in [0.15, 0.2) is 24.6 Å². The first-order valence-electron chi connectivity index (χ1n) is 16.8. The second-order valence-electron chi connectivity index (χ2n) is 16.1. The van der Waals surface area contributed by atoms with Crippen LogP contribution in [0.15, 0.2) is 0 Å². The van der Waals surface area contributed by atoms with Crippen molar-refractivity contribution in [3.05, 3.63) is 0 Å². The van der Waals surface area contributed by atoms with Crippen LogP contribution in [0.2, 0.25) is 0 Å². The quantitative estimate of drug-likeness (QED) is 0.0458. The highest BCUT2D eigenvalue weighted by atomic mass is 32.3. The van der Waals surface area contributed by atoms with E-state index >= 15 is 0 Å². The van der Waals surface area contributed by atoms with Crippen molar-refractivity contribution in [1.29, 1.82) is 0 Å². The first-order chi connectivity index (χ1) is 21.5. The van der Waals surface area contributed by atoms with Gasteiger partial charge < -0.3 is 0 Å². The standard InChI is InChI=1S/C31H56O12S3/c1-18(2)29(5,6)20(4)10-9-19(3)22-11-12-23-21-15-26(39-46(34,35)36)25-16-27(37-44-42-40-32)28(38-45-43-41-33)17-31(25,8)24(21)13-14-30(22,23)7/h18-28,32-33H,9-17H2,1-8H3,(H,34,35,36)/t19?,20?,21?,22?,23?,24?,25?,26?,27?,28-,30+,31+/m0/s1. The Balaban J connectivity index is 1.58. The van der Waals surface area contributed by atoms with Gasteiger partial charge in [-0.05, 0) is 115 Å². The summed E-state index contributed by atoms with van der Waals surface area (Å²) in [6.07, 6.45) is 6.09. The lowest BCUT2D eigenvalue weighted by molar-refractivity contribution is -0.435. The fraction of sp³-hybridized carbons (Fsp3) is 1.00. The van der Waals surface area contributed by atoms with E-state index in [0.29, 0.717) is 73.5 Å². The van der Waals surface area contributed by atoms with Crippen LogP contribution in [-0.2, 0) is 41.7 Å². The molecule has 0 saturated heterocycles. The van der Waals surface area contributed by atoms with Gasteiger partial charge in [-0.3, -0.25) is 12.9 Å². The highest BCUT2D eigenvalue weighted by molar-refractivity contribution is 7.90. The van der Waals surface area contributed by atoms with E-state index in [0.717, 1.165) is 19.3 Å². The average Bonchev–Trinajstić information content (AvgIpc) is 3.33. The predicted octanol–water partition coefficient (Wildman–Crippen LogP) is 8.53. The van der Waals surface area contributed by atoms with Crippen LogP contribution in [0.5, 0.6) is 0 Å². The number of fused-ring (bicyclic) bond motifs is 5. The predicted molar refractivity (Wildman–Crippen MR) is 173 cm³/mol. The molecule has 3 N–H and O–H groups in total. The van der Waals surface area contributed by atoms with E-state index < -0.39 is 34.1 Å². The molecule has 270 valence electrons. The molecule has 0 aliphatic heterocycles. The minimum absolute atomic E-state index is 0.139. The molecule has 15 heteroatoms. The molecule has 0 aromatic heterocycles. The minimum atomic E-state index is -4.73. The molecule has 0 radical (unpaired) electrons. The third kappa shape index (κ3) is 8.24. The van der Waals surface area contributed by atoms with Gasteiger partial charge in [-0.2, -0.15) is 8.42 Å². The topological polar surface area (TPSA) is 159 Å². The highest BCUT2D eigenvalue weighted by Crippen LogP contribution is 2.69. The summed E-state index contributed by atoms with van der Waals surface area (Å²) < 4.78 is 60.3. The van der Waals surface area contributed by atoms with Crippen LogP contribution in [0.25, 0.3) is 0 Å². The van der Waals surface area contributed by atoms with E-state index in [1.165, 1.54) is 19.3 Å². The second-order valence-corrected chi connectivity index (χ2v) is 18.1. The molecular formula is C31H56O12S3. The van der Waals surface area contributed by atoms with Crippen molar-refractivity contribution >= 4 is 35.0 Å². The summed E-state index contributed by atoms with van der Waals surface area (Å²) in [5, 5.41) is 24.6. The summed E-state index contributed by atoms with van der Waals surface area (Å²) in [6.45, 7) is 18.9. The SMILES string of the molecule is CC(CCC(C)C(C)(C)C(C)C)C1CCC2C3CC(OS(=O)(=O)O)C4CC(OSOOO)[C@@H](OSOOO)C[C@]4(C)C3CC[C@]12C. The minimum Gasteiger partial charge on any atom is -0.283 e. The summed E-state index contributed by atoms with van der Waals surface area (Å²) >= 11 is 0.868. The molecule has 4 rings (SSSR count). The maximum Gasteiger partial charge on any atom is 0.397 e. The number of rotatable bonds is 16. The van der Waals surface area contributed by atoms with Gasteiger partial charge in [0.05, 0.1) is 6.10 Å². The van der Waals surface area contributed by atoms with Crippen molar-refractivity contribution in [2.24, 2.45) is 63.6 Å². The third-order valence-corrected chi connectivity index (χ3v) is 15.3. The van der Waals surface area contributed by atoms with Crippen molar-refractivity contribution in [1.82, 2.24) is 0 Å². The van der Waals surface area contributed by atoms with E-state index in [9.17, 15) is 13.0 Å². The fourth-order valence-corrected chi connectivity index (χ4v) is 11.7. The van der Waals surface area contributed by atoms with Crippen molar-refractivity contribution in [2.75, 3.05) is 0 Å². The second kappa shape index (κ2) is 15.6. The Morgan fingerprint density at radius 2 is 1.43 bits per heavy atom. The molecular weight excluding hydrogens is 661 g/mol.